The van der Waals surface area contributed by atoms with Gasteiger partial charge in [-0.05, 0) is 96.7 Å². The van der Waals surface area contributed by atoms with Gasteiger partial charge in [0.05, 0.1) is 30.1 Å². The van der Waals surface area contributed by atoms with Gasteiger partial charge >= 0.3 is 6.09 Å². The number of anilines is 1. The van der Waals surface area contributed by atoms with Crippen molar-refractivity contribution in [3.8, 4) is 16.8 Å². The lowest BCUT2D eigenvalue weighted by Crippen LogP contribution is -2.35. The Labute approximate surface area is 251 Å². The molecular weight excluding hydrogens is 574 g/mol. The zero-order valence-corrected chi connectivity index (χ0v) is 24.0. The molecule has 2 atom stereocenters. The van der Waals surface area contributed by atoms with E-state index in [0.29, 0.717) is 51.1 Å². The second kappa shape index (κ2) is 13.9. The molecule has 2 aromatic heterocycles. The van der Waals surface area contributed by atoms with Crippen LogP contribution in [0.5, 0.6) is 0 Å². The number of H-pyrrole nitrogens is 1. The highest BCUT2D eigenvalue weighted by atomic mass is 35.5. The molecular formula is C29H30ClN9O4. The van der Waals surface area contributed by atoms with Gasteiger partial charge in [0.25, 0.3) is 5.56 Å². The van der Waals surface area contributed by atoms with Gasteiger partial charge < -0.3 is 15.4 Å². The number of aromatic amines is 1. The first-order valence-corrected chi connectivity index (χ1v) is 14.0. The highest BCUT2D eigenvalue weighted by Gasteiger charge is 2.23. The molecule has 0 bridgehead atoms. The third kappa shape index (κ3) is 7.70. The zero-order chi connectivity index (χ0) is 30.2. The van der Waals surface area contributed by atoms with Crippen molar-refractivity contribution in [2.75, 3.05) is 25.5 Å². The number of halogens is 1. The number of hydrogen-bond donors (Lipinski definition) is 4. The van der Waals surface area contributed by atoms with Crippen LogP contribution in [0.15, 0.2) is 65.7 Å². The summed E-state index contributed by atoms with van der Waals surface area (Å²) in [6.45, 7) is 1.78. The van der Waals surface area contributed by atoms with Crippen LogP contribution in [0.25, 0.3) is 22.9 Å². The van der Waals surface area contributed by atoms with E-state index < -0.39 is 12.1 Å². The molecule has 3 heterocycles. The fraction of sp³-hybridized carbons (Fsp3) is 0.276. The maximum absolute atomic E-state index is 13.3. The van der Waals surface area contributed by atoms with Crippen molar-refractivity contribution in [2.45, 2.75) is 25.3 Å². The Kier molecular flexibility index (Phi) is 9.54. The average Bonchev–Trinajstić information content (AvgIpc) is 3.56. The molecule has 2 aromatic carbocycles. The van der Waals surface area contributed by atoms with Crippen LogP contribution in [0.4, 0.5) is 10.5 Å². The first-order chi connectivity index (χ1) is 20.9. The van der Waals surface area contributed by atoms with Gasteiger partial charge in [-0.1, -0.05) is 23.7 Å². The summed E-state index contributed by atoms with van der Waals surface area (Å²) in [5.41, 5.74) is 2.98. The van der Waals surface area contributed by atoms with Gasteiger partial charge in [0, 0.05) is 22.3 Å². The minimum atomic E-state index is -0.594. The summed E-state index contributed by atoms with van der Waals surface area (Å²) in [5, 5.41) is 27.8. The number of piperidine rings is 1. The van der Waals surface area contributed by atoms with Crippen molar-refractivity contribution in [2.24, 2.45) is 5.92 Å². The Hall–Kier alpha value is -4.88. The number of hydrogen-bond acceptors (Lipinski definition) is 9. The fourth-order valence-corrected chi connectivity index (χ4v) is 5.13. The number of nitrogens with zero attached hydrogens (tertiary/aromatic N) is 5. The number of carbonyl (C=O) groups excluding carboxylic acids is 2. The molecule has 14 heteroatoms. The molecule has 0 radical (unpaired) electrons. The van der Waals surface area contributed by atoms with E-state index >= 15 is 0 Å². The predicted molar refractivity (Wildman–Crippen MR) is 161 cm³/mol. The first-order valence-electron chi connectivity index (χ1n) is 13.7. The van der Waals surface area contributed by atoms with Crippen molar-refractivity contribution in [1.82, 2.24) is 41.0 Å². The van der Waals surface area contributed by atoms with Crippen LogP contribution in [0.3, 0.4) is 0 Å². The number of tetrazole rings is 1. The maximum Gasteiger partial charge on any atom is 0.411 e. The summed E-state index contributed by atoms with van der Waals surface area (Å²) in [5.74, 6) is -0.0348. The number of benzene rings is 2. The van der Waals surface area contributed by atoms with E-state index in [0.717, 1.165) is 25.9 Å². The van der Waals surface area contributed by atoms with Gasteiger partial charge in [-0.2, -0.15) is 9.78 Å². The van der Waals surface area contributed by atoms with E-state index in [4.69, 9.17) is 11.6 Å². The number of carbonyl (C=O) groups is 2. The summed E-state index contributed by atoms with van der Waals surface area (Å²) in [7, 11) is 1.28. The topological polar surface area (TPSA) is 169 Å². The number of rotatable bonds is 9. The molecule has 1 saturated heterocycles. The van der Waals surface area contributed by atoms with E-state index in [2.05, 4.69) is 46.4 Å². The molecule has 0 aliphatic carbocycles. The van der Waals surface area contributed by atoms with Crippen molar-refractivity contribution >= 4 is 35.4 Å². The molecule has 43 heavy (non-hydrogen) atoms. The lowest BCUT2D eigenvalue weighted by Gasteiger charge is -2.27. The predicted octanol–water partition coefficient (Wildman–Crippen LogP) is 3.50. The Balaban J connectivity index is 1.40. The van der Waals surface area contributed by atoms with Crippen LogP contribution < -0.4 is 21.5 Å². The van der Waals surface area contributed by atoms with Crippen LogP contribution in [0, 0.1) is 5.92 Å². The molecule has 1 aliphatic rings. The molecule has 13 nitrogen and oxygen atoms in total. The Morgan fingerprint density at radius 1 is 1.21 bits per heavy atom. The molecule has 4 aromatic rings. The highest BCUT2D eigenvalue weighted by Crippen LogP contribution is 2.27. The largest absolute Gasteiger partial charge is 0.453 e. The SMILES string of the molecule is COC(=O)Nc1ccc(-c2cc(C(CC3CCCNC3)NC(=O)/C=C/c3cc(Cl)ccc3-n3cnnn3)n[nH]c2=O)cc1. The van der Waals surface area contributed by atoms with E-state index in [1.807, 2.05) is 0 Å². The molecule has 0 saturated carbocycles. The molecule has 5 rings (SSSR count). The third-order valence-electron chi connectivity index (χ3n) is 7.09. The van der Waals surface area contributed by atoms with Crippen molar-refractivity contribution in [3.63, 3.8) is 0 Å². The monoisotopic (exact) mass is 603 g/mol. The summed E-state index contributed by atoms with van der Waals surface area (Å²) < 4.78 is 6.11. The van der Waals surface area contributed by atoms with E-state index in [-0.39, 0.29) is 11.5 Å². The van der Waals surface area contributed by atoms with E-state index in [1.165, 1.54) is 24.2 Å². The van der Waals surface area contributed by atoms with Crippen LogP contribution in [0.2, 0.25) is 5.02 Å². The number of nitrogens with one attached hydrogen (secondary N) is 4. The fourth-order valence-electron chi connectivity index (χ4n) is 4.95. The third-order valence-corrected chi connectivity index (χ3v) is 7.33. The first kappa shape index (κ1) is 29.6. The summed E-state index contributed by atoms with van der Waals surface area (Å²) >= 11 is 6.22. The molecule has 2 amide bonds. The number of ether oxygens (including phenoxy) is 1. The van der Waals surface area contributed by atoms with Crippen molar-refractivity contribution < 1.29 is 14.3 Å². The molecule has 2 unspecified atom stereocenters. The van der Waals surface area contributed by atoms with Crippen LogP contribution >= 0.6 is 11.6 Å². The average molecular weight is 604 g/mol. The second-order valence-electron chi connectivity index (χ2n) is 10.0. The van der Waals surface area contributed by atoms with Gasteiger partial charge in [0.2, 0.25) is 5.91 Å². The van der Waals surface area contributed by atoms with Gasteiger partial charge in [-0.25, -0.2) is 9.89 Å². The van der Waals surface area contributed by atoms with E-state index in [9.17, 15) is 14.4 Å². The lowest BCUT2D eigenvalue weighted by molar-refractivity contribution is -0.117. The number of aromatic nitrogens is 6. The summed E-state index contributed by atoms with van der Waals surface area (Å²) in [6, 6.07) is 13.2. The van der Waals surface area contributed by atoms with Crippen LogP contribution in [-0.2, 0) is 9.53 Å². The summed E-state index contributed by atoms with van der Waals surface area (Å²) in [4.78, 5) is 37.6. The Bertz CT molecular complexity index is 1650. The second-order valence-corrected chi connectivity index (χ2v) is 10.5. The Morgan fingerprint density at radius 2 is 2.05 bits per heavy atom. The van der Waals surface area contributed by atoms with Gasteiger partial charge in [0.15, 0.2) is 0 Å². The maximum atomic E-state index is 13.3. The zero-order valence-electron chi connectivity index (χ0n) is 23.3. The molecule has 222 valence electrons. The van der Waals surface area contributed by atoms with Gasteiger partial charge in [-0.3, -0.25) is 14.9 Å². The normalized spacial score (nSPS) is 15.6. The molecule has 0 spiro atoms. The van der Waals surface area contributed by atoms with E-state index in [1.54, 1.807) is 54.6 Å². The van der Waals surface area contributed by atoms with Crippen molar-refractivity contribution in [3.05, 3.63) is 87.6 Å². The molecule has 1 fully saturated rings. The van der Waals surface area contributed by atoms with Crippen LogP contribution in [-0.4, -0.2) is 62.6 Å². The smallest absolute Gasteiger partial charge is 0.411 e. The lowest BCUT2D eigenvalue weighted by atomic mass is 9.90. The number of amides is 2. The van der Waals surface area contributed by atoms with Gasteiger partial charge in [0.1, 0.15) is 6.33 Å². The molecule has 4 N–H and O–H groups in total. The minimum absolute atomic E-state index is 0.309. The van der Waals surface area contributed by atoms with Crippen molar-refractivity contribution in [1.29, 1.82) is 0 Å². The van der Waals surface area contributed by atoms with Gasteiger partial charge in [-0.15, -0.1) is 5.10 Å². The quantitative estimate of drug-likeness (QED) is 0.209. The Morgan fingerprint density at radius 3 is 2.77 bits per heavy atom. The molecule has 1 aliphatic heterocycles. The minimum Gasteiger partial charge on any atom is -0.453 e. The standard InChI is InChI=1S/C29H30ClN9O4/c1-43-29(42)33-22-8-4-19(5-9-22)23-15-25(35-36-28(23)41)24(13-18-3-2-12-31-16-18)34-27(40)11-6-20-14-21(30)7-10-26(20)39-17-32-37-38-39/h4-11,14-15,17-18,24,31H,2-3,12-13,16H2,1H3,(H,33,42)(H,34,40)(H,36,41)/b11-6+. The highest BCUT2D eigenvalue weighted by molar-refractivity contribution is 6.30. The number of methoxy groups -OCH3 is 1. The van der Waals surface area contributed by atoms with Crippen LogP contribution in [0.1, 0.15) is 36.6 Å². The summed E-state index contributed by atoms with van der Waals surface area (Å²) in [6.07, 6.45) is 6.60.